The van der Waals surface area contributed by atoms with E-state index in [0.717, 1.165) is 36.6 Å². The first-order valence-electron chi connectivity index (χ1n) is 10.4. The smallest absolute Gasteiger partial charge is 0.253 e. The summed E-state index contributed by atoms with van der Waals surface area (Å²) >= 11 is 0. The van der Waals surface area contributed by atoms with Crippen molar-refractivity contribution in [1.82, 2.24) is 10.0 Å². The quantitative estimate of drug-likeness (QED) is 0.710. The number of rotatable bonds is 5. The van der Waals surface area contributed by atoms with Gasteiger partial charge in [0, 0.05) is 13.1 Å². The van der Waals surface area contributed by atoms with Crippen molar-refractivity contribution in [2.45, 2.75) is 25.4 Å². The second-order valence-electron chi connectivity index (χ2n) is 7.81. The van der Waals surface area contributed by atoms with Crippen LogP contribution in [0.1, 0.15) is 24.9 Å². The standard InChI is InChI=1S/C23H25N3O4/c1-3-30-18-11-7-16(8-12-18)26-22(27)19-20(15-5-9-17(29-2)10-6-15)24-13-4-14-25(24)21(19)23(26)28/h5-12,19-21H,3-4,13-14H2,1-2H3/t19-,20+,21-/m0/s1. The number of amides is 2. The zero-order chi connectivity index (χ0) is 20.8. The van der Waals surface area contributed by atoms with Crippen molar-refractivity contribution in [3.8, 4) is 11.5 Å². The van der Waals surface area contributed by atoms with Crippen LogP contribution in [-0.2, 0) is 9.59 Å². The van der Waals surface area contributed by atoms with E-state index >= 15 is 0 Å². The number of hydrogen-bond acceptors (Lipinski definition) is 6. The first kappa shape index (κ1) is 19.1. The molecule has 0 unspecified atom stereocenters. The van der Waals surface area contributed by atoms with Crippen LogP contribution in [0.3, 0.4) is 0 Å². The molecule has 0 aliphatic carbocycles. The lowest BCUT2D eigenvalue weighted by molar-refractivity contribution is -0.126. The zero-order valence-corrected chi connectivity index (χ0v) is 17.2. The summed E-state index contributed by atoms with van der Waals surface area (Å²) in [6, 6.07) is 14.4. The van der Waals surface area contributed by atoms with Gasteiger partial charge in [0.1, 0.15) is 17.5 Å². The first-order valence-corrected chi connectivity index (χ1v) is 10.4. The monoisotopic (exact) mass is 407 g/mol. The minimum atomic E-state index is -0.446. The minimum absolute atomic E-state index is 0.135. The maximum Gasteiger partial charge on any atom is 0.253 e. The van der Waals surface area contributed by atoms with Gasteiger partial charge < -0.3 is 9.47 Å². The summed E-state index contributed by atoms with van der Waals surface area (Å²) in [5.41, 5.74) is 1.63. The lowest BCUT2D eigenvalue weighted by Crippen LogP contribution is -2.44. The van der Waals surface area contributed by atoms with Gasteiger partial charge >= 0.3 is 0 Å². The average molecular weight is 407 g/mol. The van der Waals surface area contributed by atoms with Crippen LogP contribution in [0.2, 0.25) is 0 Å². The molecule has 156 valence electrons. The SMILES string of the molecule is CCOc1ccc(N2C(=O)[C@@H]3[C@@H](C2=O)N2CCCN2[C@@H]3c2ccc(OC)cc2)cc1. The van der Waals surface area contributed by atoms with Crippen molar-refractivity contribution in [3.05, 3.63) is 54.1 Å². The number of fused-ring (bicyclic) bond motifs is 3. The third-order valence-corrected chi connectivity index (χ3v) is 6.27. The van der Waals surface area contributed by atoms with Crippen LogP contribution in [0, 0.1) is 5.92 Å². The second-order valence-corrected chi connectivity index (χ2v) is 7.81. The predicted molar refractivity (Wildman–Crippen MR) is 111 cm³/mol. The normalized spacial score (nSPS) is 26.2. The van der Waals surface area contributed by atoms with Crippen molar-refractivity contribution >= 4 is 17.5 Å². The summed E-state index contributed by atoms with van der Waals surface area (Å²) in [6.45, 7) is 4.14. The van der Waals surface area contributed by atoms with Gasteiger partial charge in [-0.15, -0.1) is 0 Å². The van der Waals surface area contributed by atoms with Crippen molar-refractivity contribution in [3.63, 3.8) is 0 Å². The molecule has 3 fully saturated rings. The van der Waals surface area contributed by atoms with Crippen LogP contribution >= 0.6 is 0 Å². The van der Waals surface area contributed by atoms with Crippen LogP contribution in [0.15, 0.2) is 48.5 Å². The predicted octanol–water partition coefficient (Wildman–Crippen LogP) is 2.63. The molecular weight excluding hydrogens is 382 g/mol. The van der Waals surface area contributed by atoms with Crippen LogP contribution in [0.5, 0.6) is 11.5 Å². The van der Waals surface area contributed by atoms with Gasteiger partial charge in [-0.05, 0) is 55.3 Å². The Morgan fingerprint density at radius 2 is 1.50 bits per heavy atom. The summed E-state index contributed by atoms with van der Waals surface area (Å²) in [6.07, 6.45) is 0.987. The molecule has 0 N–H and O–H groups in total. The highest BCUT2D eigenvalue weighted by Crippen LogP contribution is 2.49. The number of hydrogen-bond donors (Lipinski definition) is 0. The maximum absolute atomic E-state index is 13.5. The van der Waals surface area contributed by atoms with Gasteiger partial charge in [0.25, 0.3) is 5.91 Å². The number of anilines is 1. The van der Waals surface area contributed by atoms with E-state index in [9.17, 15) is 9.59 Å². The number of imide groups is 1. The molecule has 0 bridgehead atoms. The largest absolute Gasteiger partial charge is 0.497 e. The van der Waals surface area contributed by atoms with E-state index in [4.69, 9.17) is 9.47 Å². The molecule has 3 heterocycles. The highest BCUT2D eigenvalue weighted by Gasteiger charge is 2.62. The van der Waals surface area contributed by atoms with Crippen molar-refractivity contribution in [2.75, 3.05) is 31.7 Å². The molecule has 2 aromatic rings. The summed E-state index contributed by atoms with van der Waals surface area (Å²) in [4.78, 5) is 28.3. The lowest BCUT2D eigenvalue weighted by Gasteiger charge is -2.29. The molecule has 3 atom stereocenters. The second kappa shape index (κ2) is 7.41. The van der Waals surface area contributed by atoms with E-state index in [1.807, 2.05) is 31.2 Å². The molecule has 30 heavy (non-hydrogen) atoms. The molecule has 3 saturated heterocycles. The number of carbonyl (C=O) groups excluding carboxylic acids is 2. The van der Waals surface area contributed by atoms with E-state index in [-0.39, 0.29) is 17.9 Å². The van der Waals surface area contributed by atoms with Crippen LogP contribution in [0.4, 0.5) is 5.69 Å². The van der Waals surface area contributed by atoms with Gasteiger partial charge in [0.2, 0.25) is 5.91 Å². The molecule has 3 aliphatic heterocycles. The fourth-order valence-electron chi connectivity index (χ4n) is 5.03. The highest BCUT2D eigenvalue weighted by molar-refractivity contribution is 6.24. The lowest BCUT2D eigenvalue weighted by atomic mass is 9.90. The fourth-order valence-corrected chi connectivity index (χ4v) is 5.03. The fraction of sp³-hybridized carbons (Fsp3) is 0.391. The van der Waals surface area contributed by atoms with E-state index < -0.39 is 12.0 Å². The number of ether oxygens (including phenoxy) is 2. The average Bonchev–Trinajstić information content (AvgIpc) is 3.41. The van der Waals surface area contributed by atoms with Gasteiger partial charge in [-0.3, -0.25) is 9.59 Å². The van der Waals surface area contributed by atoms with Gasteiger partial charge in [0.05, 0.1) is 31.4 Å². The van der Waals surface area contributed by atoms with Gasteiger partial charge in [-0.1, -0.05) is 12.1 Å². The number of methoxy groups -OCH3 is 1. The van der Waals surface area contributed by atoms with Gasteiger partial charge in [0.15, 0.2) is 0 Å². The highest BCUT2D eigenvalue weighted by atomic mass is 16.5. The summed E-state index contributed by atoms with van der Waals surface area (Å²) in [5, 5.41) is 4.32. The third kappa shape index (κ3) is 2.80. The van der Waals surface area contributed by atoms with Crippen LogP contribution in [0.25, 0.3) is 0 Å². The number of hydrazine groups is 1. The Morgan fingerprint density at radius 1 is 0.867 bits per heavy atom. The Kier molecular flexibility index (Phi) is 4.72. The molecule has 0 aromatic heterocycles. The molecule has 7 heteroatoms. The Hall–Kier alpha value is -2.90. The molecule has 7 nitrogen and oxygen atoms in total. The molecule has 5 rings (SSSR count). The molecule has 0 spiro atoms. The topological polar surface area (TPSA) is 62.3 Å². The molecule has 2 aromatic carbocycles. The number of benzene rings is 2. The van der Waals surface area contributed by atoms with E-state index in [2.05, 4.69) is 10.0 Å². The molecular formula is C23H25N3O4. The summed E-state index contributed by atoms with van der Waals surface area (Å²) in [5.74, 6) is 0.804. The van der Waals surface area contributed by atoms with E-state index in [1.165, 1.54) is 4.90 Å². The summed E-state index contributed by atoms with van der Waals surface area (Å²) < 4.78 is 10.8. The number of nitrogens with zero attached hydrogens (tertiary/aromatic N) is 3. The van der Waals surface area contributed by atoms with Crippen molar-refractivity contribution in [2.24, 2.45) is 5.92 Å². The Balaban J connectivity index is 1.50. The Bertz CT molecular complexity index is 959. The molecule has 0 radical (unpaired) electrons. The van der Waals surface area contributed by atoms with Gasteiger partial charge in [-0.25, -0.2) is 14.9 Å². The minimum Gasteiger partial charge on any atom is -0.497 e. The van der Waals surface area contributed by atoms with Crippen molar-refractivity contribution < 1.29 is 19.1 Å². The number of carbonyl (C=O) groups is 2. The third-order valence-electron chi connectivity index (χ3n) is 6.27. The molecule has 2 amide bonds. The van der Waals surface area contributed by atoms with Gasteiger partial charge in [-0.2, -0.15) is 0 Å². The summed E-state index contributed by atoms with van der Waals surface area (Å²) in [7, 11) is 1.64. The Labute approximate surface area is 175 Å². The zero-order valence-electron chi connectivity index (χ0n) is 17.2. The van der Waals surface area contributed by atoms with E-state index in [0.29, 0.717) is 12.3 Å². The molecule has 3 aliphatic rings. The maximum atomic E-state index is 13.5. The van der Waals surface area contributed by atoms with Crippen molar-refractivity contribution in [1.29, 1.82) is 0 Å². The molecule has 0 saturated carbocycles. The first-order chi connectivity index (χ1) is 14.6. The van der Waals surface area contributed by atoms with Crippen LogP contribution < -0.4 is 14.4 Å². The Morgan fingerprint density at radius 3 is 2.13 bits per heavy atom. The van der Waals surface area contributed by atoms with Crippen LogP contribution in [-0.4, -0.2) is 54.7 Å². The van der Waals surface area contributed by atoms with E-state index in [1.54, 1.807) is 31.4 Å².